The highest BCUT2D eigenvalue weighted by Gasteiger charge is 2.22. The Morgan fingerprint density at radius 2 is 1.68 bits per heavy atom. The van der Waals surface area contributed by atoms with E-state index in [1.165, 1.54) is 24.1 Å². The lowest BCUT2D eigenvalue weighted by atomic mass is 10.0. The van der Waals surface area contributed by atoms with Crippen molar-refractivity contribution in [3.63, 3.8) is 0 Å². The van der Waals surface area contributed by atoms with Gasteiger partial charge in [0.2, 0.25) is 0 Å². The van der Waals surface area contributed by atoms with E-state index in [1.807, 2.05) is 10.9 Å². The number of urea groups is 1. The van der Waals surface area contributed by atoms with Gasteiger partial charge in [0.15, 0.2) is 5.65 Å². The van der Waals surface area contributed by atoms with Gasteiger partial charge in [-0.3, -0.25) is 4.90 Å². The number of anilines is 1. The van der Waals surface area contributed by atoms with Crippen LogP contribution in [0.4, 0.5) is 10.5 Å². The zero-order chi connectivity index (χ0) is 32.6. The van der Waals surface area contributed by atoms with Crippen molar-refractivity contribution in [2.75, 3.05) is 51.8 Å². The van der Waals surface area contributed by atoms with Crippen LogP contribution in [-0.2, 0) is 37.3 Å². The highest BCUT2D eigenvalue weighted by atomic mass is 16.5. The van der Waals surface area contributed by atoms with E-state index in [1.54, 1.807) is 0 Å². The van der Waals surface area contributed by atoms with E-state index in [-0.39, 0.29) is 6.03 Å². The third-order valence-corrected chi connectivity index (χ3v) is 9.46. The van der Waals surface area contributed by atoms with Gasteiger partial charge in [-0.25, -0.2) is 14.5 Å². The second kappa shape index (κ2) is 15.7. The first kappa shape index (κ1) is 32.9. The van der Waals surface area contributed by atoms with E-state index in [0.717, 1.165) is 104 Å². The largest absolute Gasteiger partial charge is 0.381 e. The summed E-state index contributed by atoms with van der Waals surface area (Å²) in [6, 6.07) is 17.4. The number of amides is 2. The summed E-state index contributed by atoms with van der Waals surface area (Å²) in [5, 5.41) is 15.6. The molecule has 0 spiro atoms. The molecule has 0 unspecified atom stereocenters. The number of hydrogen-bond acceptors (Lipinski definition) is 7. The number of hydrogen-bond donors (Lipinski definition) is 3. The van der Waals surface area contributed by atoms with Crippen molar-refractivity contribution in [3.05, 3.63) is 77.1 Å². The van der Waals surface area contributed by atoms with Crippen molar-refractivity contribution in [1.82, 2.24) is 35.2 Å². The fourth-order valence-electron chi connectivity index (χ4n) is 6.74. The average molecular weight is 639 g/mol. The second-order valence-electron chi connectivity index (χ2n) is 12.9. The van der Waals surface area contributed by atoms with Crippen LogP contribution in [0.3, 0.4) is 0 Å². The Hall–Kier alpha value is -3.99. The Morgan fingerprint density at radius 1 is 0.936 bits per heavy atom. The predicted molar refractivity (Wildman–Crippen MR) is 188 cm³/mol. The van der Waals surface area contributed by atoms with Crippen LogP contribution in [0.5, 0.6) is 0 Å². The number of likely N-dealkylation sites (N-methyl/N-ethyl adjacent to an activating group) is 1. The molecule has 4 heterocycles. The Balaban J connectivity index is 1.11. The minimum absolute atomic E-state index is 0.205. The number of benzene rings is 2. The maximum Gasteiger partial charge on any atom is 0.315 e. The molecule has 10 heteroatoms. The first-order valence-corrected chi connectivity index (χ1v) is 17.3. The van der Waals surface area contributed by atoms with Crippen molar-refractivity contribution >= 4 is 22.8 Å². The molecule has 3 N–H and O–H groups in total. The molecule has 0 radical (unpaired) electrons. The van der Waals surface area contributed by atoms with Crippen LogP contribution in [-0.4, -0.2) is 83.1 Å². The number of ether oxygens (including phenoxy) is 1. The standard InChI is InChI=1S/C37H50N8O2/c1-4-34-32(35(41-31-13-19-47-20-14-31)33-25-40-45(5-2)36(33)42-34)24-39-37(46)38-23-27-9-6-11-29(21-27)30-12-7-10-28(22-30)26-44-16-8-15-43(3)17-18-44/h6-7,9-12,21-22,25,31H,4-5,8,13-20,23-24,26H2,1-3H3,(H,41,42)(H2,38,39,46). The molecule has 0 bridgehead atoms. The van der Waals surface area contributed by atoms with Crippen molar-refractivity contribution in [2.24, 2.45) is 0 Å². The zero-order valence-electron chi connectivity index (χ0n) is 28.2. The number of nitrogens with zero attached hydrogens (tertiary/aromatic N) is 5. The molecule has 2 aromatic carbocycles. The molecule has 4 aromatic rings. The Morgan fingerprint density at radius 3 is 2.45 bits per heavy atom. The molecule has 2 aromatic heterocycles. The summed E-state index contributed by atoms with van der Waals surface area (Å²) in [5.41, 5.74) is 8.65. The van der Waals surface area contributed by atoms with Crippen LogP contribution in [0.25, 0.3) is 22.2 Å². The number of nitrogens with one attached hydrogen (secondary N) is 3. The highest BCUT2D eigenvalue weighted by Crippen LogP contribution is 2.31. The molecule has 2 saturated heterocycles. The van der Waals surface area contributed by atoms with Crippen molar-refractivity contribution < 1.29 is 9.53 Å². The van der Waals surface area contributed by atoms with E-state index in [0.29, 0.717) is 19.1 Å². The summed E-state index contributed by atoms with van der Waals surface area (Å²) in [7, 11) is 2.21. The van der Waals surface area contributed by atoms with Crippen molar-refractivity contribution in [3.8, 4) is 11.1 Å². The molecule has 2 aliphatic heterocycles. The number of aromatic nitrogens is 3. The highest BCUT2D eigenvalue weighted by molar-refractivity contribution is 5.92. The first-order valence-electron chi connectivity index (χ1n) is 17.3. The lowest BCUT2D eigenvalue weighted by molar-refractivity contribution is 0.0904. The second-order valence-corrected chi connectivity index (χ2v) is 12.9. The molecule has 47 heavy (non-hydrogen) atoms. The average Bonchev–Trinajstić information content (AvgIpc) is 3.41. The molecule has 6 rings (SSSR count). The van der Waals surface area contributed by atoms with Gasteiger partial charge in [0.05, 0.1) is 17.3 Å². The quantitative estimate of drug-likeness (QED) is 0.202. The van der Waals surface area contributed by atoms with Gasteiger partial charge in [-0.15, -0.1) is 0 Å². The molecule has 0 aliphatic carbocycles. The van der Waals surface area contributed by atoms with Crippen LogP contribution in [0.2, 0.25) is 0 Å². The van der Waals surface area contributed by atoms with E-state index < -0.39 is 0 Å². The predicted octanol–water partition coefficient (Wildman–Crippen LogP) is 5.41. The summed E-state index contributed by atoms with van der Waals surface area (Å²) in [4.78, 5) is 23.1. The smallest absolute Gasteiger partial charge is 0.315 e. The van der Waals surface area contributed by atoms with Gasteiger partial charge in [0.25, 0.3) is 0 Å². The van der Waals surface area contributed by atoms with Gasteiger partial charge >= 0.3 is 6.03 Å². The van der Waals surface area contributed by atoms with E-state index in [4.69, 9.17) is 9.72 Å². The zero-order valence-corrected chi connectivity index (χ0v) is 28.2. The summed E-state index contributed by atoms with van der Waals surface area (Å²) in [6.07, 6.45) is 5.76. The van der Waals surface area contributed by atoms with Crippen LogP contribution >= 0.6 is 0 Å². The molecule has 2 fully saturated rings. The van der Waals surface area contributed by atoms with Crippen LogP contribution in [0.15, 0.2) is 54.7 Å². The maximum absolute atomic E-state index is 13.1. The van der Waals surface area contributed by atoms with Crippen LogP contribution in [0.1, 0.15) is 55.5 Å². The fourth-order valence-corrected chi connectivity index (χ4v) is 6.74. The van der Waals surface area contributed by atoms with Gasteiger partial charge < -0.3 is 25.6 Å². The molecule has 0 saturated carbocycles. The molecular weight excluding hydrogens is 588 g/mol. The summed E-state index contributed by atoms with van der Waals surface area (Å²) >= 11 is 0. The Labute approximate surface area is 278 Å². The van der Waals surface area contributed by atoms with Gasteiger partial charge in [-0.2, -0.15) is 5.10 Å². The van der Waals surface area contributed by atoms with Crippen molar-refractivity contribution in [2.45, 2.75) is 71.8 Å². The lowest BCUT2D eigenvalue weighted by Crippen LogP contribution is -2.35. The SMILES string of the molecule is CCc1nc2c(cnn2CC)c(NC2CCOCC2)c1CNC(=O)NCc1cccc(-c2cccc(CN3CCCN(C)CC3)c2)c1. The maximum atomic E-state index is 13.1. The third-order valence-electron chi connectivity index (χ3n) is 9.46. The molecule has 250 valence electrons. The number of fused-ring (bicyclic) bond motifs is 1. The topological polar surface area (TPSA) is 99.6 Å². The normalized spacial score (nSPS) is 16.7. The Kier molecular flexibility index (Phi) is 11.0. The number of pyridine rings is 1. The van der Waals surface area contributed by atoms with Crippen LogP contribution in [0, 0.1) is 0 Å². The summed E-state index contributed by atoms with van der Waals surface area (Å²) in [5.74, 6) is 0. The van der Waals surface area contributed by atoms with E-state index in [2.05, 4.69) is 100 Å². The monoisotopic (exact) mass is 638 g/mol. The number of rotatable bonds is 11. The molecule has 2 amide bonds. The van der Waals surface area contributed by atoms with E-state index >= 15 is 0 Å². The number of carbonyl (C=O) groups excluding carboxylic acids is 1. The van der Waals surface area contributed by atoms with Crippen LogP contribution < -0.4 is 16.0 Å². The van der Waals surface area contributed by atoms with Gasteiger partial charge in [-0.1, -0.05) is 43.3 Å². The van der Waals surface area contributed by atoms with Gasteiger partial charge in [0, 0.05) is 69.8 Å². The molecule has 10 nitrogen and oxygen atoms in total. The first-order chi connectivity index (χ1) is 23.0. The molecule has 2 aliphatic rings. The fraction of sp³-hybridized carbons (Fsp3) is 0.486. The minimum Gasteiger partial charge on any atom is -0.381 e. The Bertz CT molecular complexity index is 1650. The molecule has 0 atom stereocenters. The van der Waals surface area contributed by atoms with Crippen molar-refractivity contribution in [1.29, 1.82) is 0 Å². The minimum atomic E-state index is -0.205. The summed E-state index contributed by atoms with van der Waals surface area (Å²) < 4.78 is 7.54. The third kappa shape index (κ3) is 8.30. The number of carbonyl (C=O) groups is 1. The van der Waals surface area contributed by atoms with E-state index in [9.17, 15) is 4.79 Å². The summed E-state index contributed by atoms with van der Waals surface area (Å²) in [6.45, 7) is 12.8. The van der Waals surface area contributed by atoms with Gasteiger partial charge in [-0.05, 0) is 87.1 Å². The lowest BCUT2D eigenvalue weighted by Gasteiger charge is -2.26. The number of aryl methyl sites for hydroxylation is 2. The van der Waals surface area contributed by atoms with Gasteiger partial charge in [0.1, 0.15) is 0 Å². The molecular formula is C37H50N8O2.